The van der Waals surface area contributed by atoms with E-state index >= 15 is 0 Å². The van der Waals surface area contributed by atoms with E-state index in [4.69, 9.17) is 0 Å². The van der Waals surface area contributed by atoms with Crippen molar-refractivity contribution in [2.75, 3.05) is 26.2 Å². The molecular weight excluding hydrogens is 343 g/mol. The van der Waals surface area contributed by atoms with Gasteiger partial charge in [-0.1, -0.05) is 32.0 Å². The van der Waals surface area contributed by atoms with Crippen molar-refractivity contribution in [3.05, 3.63) is 59.4 Å². The summed E-state index contributed by atoms with van der Waals surface area (Å²) in [6.45, 7) is 6.75. The number of hydrogen-bond donors (Lipinski definition) is 0. The Kier molecular flexibility index (Phi) is 4.40. The molecule has 0 radical (unpaired) electrons. The minimum Gasteiger partial charge on any atom is -0.302 e. The third-order valence-electron chi connectivity index (χ3n) is 5.41. The summed E-state index contributed by atoms with van der Waals surface area (Å²) < 4.78 is 13.9. The van der Waals surface area contributed by atoms with E-state index in [1.54, 1.807) is 12.1 Å². The van der Waals surface area contributed by atoms with E-state index in [0.29, 0.717) is 35.0 Å². The first-order chi connectivity index (χ1) is 13.0. The van der Waals surface area contributed by atoms with Gasteiger partial charge in [-0.25, -0.2) is 4.39 Å². The lowest BCUT2D eigenvalue weighted by atomic mass is 9.89. The number of halogens is 1. The molecule has 5 heteroatoms. The SMILES string of the molecule is CCN(CC)CCN1C(=O)c2cccc3cc4ccc(F)cc4c(c23)C1=O. The molecule has 0 aromatic heterocycles. The Morgan fingerprint density at radius 2 is 1.74 bits per heavy atom. The fourth-order valence-electron chi connectivity index (χ4n) is 3.90. The lowest BCUT2D eigenvalue weighted by Gasteiger charge is -2.30. The van der Waals surface area contributed by atoms with Gasteiger partial charge in [0.2, 0.25) is 0 Å². The number of benzene rings is 3. The number of imide groups is 1. The number of likely N-dealkylation sites (N-methyl/N-ethyl adjacent to an activating group) is 1. The highest BCUT2D eigenvalue weighted by Crippen LogP contribution is 2.36. The van der Waals surface area contributed by atoms with E-state index in [2.05, 4.69) is 18.7 Å². The molecule has 4 nitrogen and oxygen atoms in total. The lowest BCUT2D eigenvalue weighted by Crippen LogP contribution is -2.44. The predicted molar refractivity (Wildman–Crippen MR) is 105 cm³/mol. The topological polar surface area (TPSA) is 40.6 Å². The van der Waals surface area contributed by atoms with Crippen molar-refractivity contribution in [2.45, 2.75) is 13.8 Å². The molecule has 0 N–H and O–H groups in total. The molecule has 3 aromatic rings. The number of nitrogens with zero attached hydrogens (tertiary/aromatic N) is 2. The van der Waals surface area contributed by atoms with Crippen LogP contribution in [0.15, 0.2) is 42.5 Å². The van der Waals surface area contributed by atoms with Crippen LogP contribution in [0.1, 0.15) is 34.6 Å². The molecule has 1 heterocycles. The molecule has 0 spiro atoms. The smallest absolute Gasteiger partial charge is 0.262 e. The van der Waals surface area contributed by atoms with Gasteiger partial charge in [-0.3, -0.25) is 14.5 Å². The van der Waals surface area contributed by atoms with Gasteiger partial charge in [-0.05, 0) is 53.5 Å². The minimum absolute atomic E-state index is 0.277. The Bertz CT molecular complexity index is 1070. The second-order valence-corrected chi connectivity index (χ2v) is 6.81. The van der Waals surface area contributed by atoms with Crippen LogP contribution in [0.5, 0.6) is 0 Å². The van der Waals surface area contributed by atoms with Crippen LogP contribution in [0.25, 0.3) is 21.5 Å². The van der Waals surface area contributed by atoms with E-state index in [-0.39, 0.29) is 11.8 Å². The third-order valence-corrected chi connectivity index (χ3v) is 5.41. The van der Waals surface area contributed by atoms with Gasteiger partial charge in [0.25, 0.3) is 11.8 Å². The number of hydrogen-bond acceptors (Lipinski definition) is 3. The van der Waals surface area contributed by atoms with E-state index in [1.807, 2.05) is 18.2 Å². The maximum Gasteiger partial charge on any atom is 0.262 e. The van der Waals surface area contributed by atoms with Crippen molar-refractivity contribution in [3.63, 3.8) is 0 Å². The second kappa shape index (κ2) is 6.74. The molecular formula is C22H21FN2O2. The van der Waals surface area contributed by atoms with Gasteiger partial charge < -0.3 is 4.90 Å². The van der Waals surface area contributed by atoms with Gasteiger partial charge >= 0.3 is 0 Å². The molecule has 0 aliphatic carbocycles. The maximum atomic E-state index is 13.9. The zero-order valence-electron chi connectivity index (χ0n) is 15.5. The molecule has 2 amide bonds. The fraction of sp³-hybridized carbons (Fsp3) is 0.273. The van der Waals surface area contributed by atoms with Crippen molar-refractivity contribution in [1.29, 1.82) is 0 Å². The average Bonchev–Trinajstić information content (AvgIpc) is 2.67. The van der Waals surface area contributed by atoms with Crippen LogP contribution in [0.2, 0.25) is 0 Å². The van der Waals surface area contributed by atoms with E-state index in [0.717, 1.165) is 23.9 Å². The Morgan fingerprint density at radius 3 is 2.48 bits per heavy atom. The highest BCUT2D eigenvalue weighted by molar-refractivity contribution is 6.30. The first-order valence-electron chi connectivity index (χ1n) is 9.28. The van der Waals surface area contributed by atoms with Gasteiger partial charge in [0, 0.05) is 24.0 Å². The predicted octanol–water partition coefficient (Wildman–Crippen LogP) is 4.07. The third kappa shape index (κ3) is 2.79. The van der Waals surface area contributed by atoms with Crippen LogP contribution in [0.3, 0.4) is 0 Å². The van der Waals surface area contributed by atoms with Crippen molar-refractivity contribution in [3.8, 4) is 0 Å². The van der Waals surface area contributed by atoms with Crippen LogP contribution in [-0.2, 0) is 0 Å². The van der Waals surface area contributed by atoms with Crippen LogP contribution in [0, 0.1) is 5.82 Å². The van der Waals surface area contributed by atoms with Gasteiger partial charge in [0.05, 0.1) is 5.56 Å². The molecule has 0 fully saturated rings. The first-order valence-corrected chi connectivity index (χ1v) is 9.28. The largest absolute Gasteiger partial charge is 0.302 e. The highest BCUT2D eigenvalue weighted by atomic mass is 19.1. The molecule has 27 heavy (non-hydrogen) atoms. The summed E-state index contributed by atoms with van der Waals surface area (Å²) in [4.78, 5) is 29.8. The Morgan fingerprint density at radius 1 is 0.963 bits per heavy atom. The molecule has 1 aliphatic rings. The molecule has 3 aromatic carbocycles. The van der Waals surface area contributed by atoms with Crippen molar-refractivity contribution >= 4 is 33.4 Å². The minimum atomic E-state index is -0.394. The molecule has 0 unspecified atom stereocenters. The summed E-state index contributed by atoms with van der Waals surface area (Å²) in [6, 6.07) is 11.8. The number of rotatable bonds is 5. The highest BCUT2D eigenvalue weighted by Gasteiger charge is 2.34. The zero-order chi connectivity index (χ0) is 19.1. The van der Waals surface area contributed by atoms with Crippen molar-refractivity contribution in [1.82, 2.24) is 9.80 Å². The van der Waals surface area contributed by atoms with Crippen LogP contribution >= 0.6 is 0 Å². The quantitative estimate of drug-likeness (QED) is 0.506. The number of carbonyl (C=O) groups excluding carboxylic acids is 2. The molecule has 0 bridgehead atoms. The summed E-state index contributed by atoms with van der Waals surface area (Å²) in [5.41, 5.74) is 0.935. The van der Waals surface area contributed by atoms with Crippen LogP contribution in [-0.4, -0.2) is 47.8 Å². The Balaban J connectivity index is 1.91. The monoisotopic (exact) mass is 364 g/mol. The fourth-order valence-corrected chi connectivity index (χ4v) is 3.90. The van der Waals surface area contributed by atoms with Crippen LogP contribution in [0.4, 0.5) is 4.39 Å². The van der Waals surface area contributed by atoms with E-state index in [1.165, 1.54) is 17.0 Å². The van der Waals surface area contributed by atoms with Gasteiger partial charge in [-0.15, -0.1) is 0 Å². The van der Waals surface area contributed by atoms with Gasteiger partial charge in [0.15, 0.2) is 0 Å². The van der Waals surface area contributed by atoms with E-state index < -0.39 is 5.82 Å². The first kappa shape index (κ1) is 17.6. The summed E-state index contributed by atoms with van der Waals surface area (Å²) in [7, 11) is 0. The molecule has 0 saturated heterocycles. The van der Waals surface area contributed by atoms with Crippen LogP contribution < -0.4 is 0 Å². The Labute approximate surface area is 157 Å². The number of carbonyl (C=O) groups is 2. The summed E-state index contributed by atoms with van der Waals surface area (Å²) in [5.74, 6) is -1.01. The van der Waals surface area contributed by atoms with E-state index in [9.17, 15) is 14.0 Å². The number of fused-ring (bicyclic) bond motifs is 2. The second-order valence-electron chi connectivity index (χ2n) is 6.81. The average molecular weight is 364 g/mol. The van der Waals surface area contributed by atoms with Crippen molar-refractivity contribution in [2.24, 2.45) is 0 Å². The molecule has 0 atom stereocenters. The zero-order valence-corrected chi connectivity index (χ0v) is 15.5. The van der Waals surface area contributed by atoms with Crippen molar-refractivity contribution < 1.29 is 14.0 Å². The molecule has 0 saturated carbocycles. The molecule has 138 valence electrons. The van der Waals surface area contributed by atoms with Gasteiger partial charge in [0.1, 0.15) is 5.82 Å². The summed E-state index contributed by atoms with van der Waals surface area (Å²) in [5, 5.41) is 2.80. The normalized spacial score (nSPS) is 14.0. The summed E-state index contributed by atoms with van der Waals surface area (Å²) in [6.07, 6.45) is 0. The van der Waals surface area contributed by atoms with Gasteiger partial charge in [-0.2, -0.15) is 0 Å². The summed E-state index contributed by atoms with van der Waals surface area (Å²) >= 11 is 0. The molecule has 1 aliphatic heterocycles. The standard InChI is InChI=1S/C22H21FN2O2/c1-3-24(4-2)10-11-25-21(26)17-7-5-6-15-12-14-8-9-16(23)13-18(14)20(19(15)17)22(25)27/h5-9,12-13H,3-4,10-11H2,1-2H3. The lowest BCUT2D eigenvalue weighted by molar-refractivity contribution is 0.0595. The Hall–Kier alpha value is -2.79. The molecule has 4 rings (SSSR count). The maximum absolute atomic E-state index is 13.9. The number of amides is 2.